The molecule has 0 amide bonds. The van der Waals surface area contributed by atoms with Crippen molar-refractivity contribution in [2.75, 3.05) is 0 Å². The third kappa shape index (κ3) is 3.36. The van der Waals surface area contributed by atoms with Crippen LogP contribution in [0.2, 0.25) is 0 Å². The molecule has 0 aliphatic rings. The van der Waals surface area contributed by atoms with Gasteiger partial charge in [0.1, 0.15) is 18.7 Å². The molecular formula is C15H21N3O2. The Balaban J connectivity index is 2.04. The number of hydrogen-bond acceptors (Lipinski definition) is 4. The number of benzene rings is 1. The Morgan fingerprint density at radius 3 is 2.90 bits per heavy atom. The molecule has 1 aromatic carbocycles. The van der Waals surface area contributed by atoms with E-state index in [0.717, 1.165) is 17.1 Å². The molecule has 0 aliphatic carbocycles. The lowest BCUT2D eigenvalue weighted by Gasteiger charge is -2.12. The standard InChI is InChI=1S/C15H21N3O2/c1-4-13(19)8-18-15(16-10-17-18)9-20-14-7-5-6-11(2)12(14)3/h5-7,10,13,19H,4,8-9H2,1-3H3/t13-/m0/s1. The van der Waals surface area contributed by atoms with Gasteiger partial charge in [-0.15, -0.1) is 0 Å². The summed E-state index contributed by atoms with van der Waals surface area (Å²) in [6.45, 7) is 6.83. The van der Waals surface area contributed by atoms with Crippen molar-refractivity contribution in [1.29, 1.82) is 0 Å². The second-order valence-corrected chi connectivity index (χ2v) is 4.91. The first-order valence-corrected chi connectivity index (χ1v) is 6.85. The van der Waals surface area contributed by atoms with E-state index in [4.69, 9.17) is 4.74 Å². The first-order chi connectivity index (χ1) is 9.61. The van der Waals surface area contributed by atoms with Crippen LogP contribution in [0, 0.1) is 13.8 Å². The molecule has 108 valence electrons. The highest BCUT2D eigenvalue weighted by Crippen LogP contribution is 2.21. The number of nitrogens with zero attached hydrogens (tertiary/aromatic N) is 3. The lowest BCUT2D eigenvalue weighted by molar-refractivity contribution is 0.141. The normalized spacial score (nSPS) is 12.4. The number of aryl methyl sites for hydroxylation is 1. The molecule has 2 aromatic rings. The van der Waals surface area contributed by atoms with Crippen LogP contribution in [-0.4, -0.2) is 26.0 Å². The Labute approximate surface area is 119 Å². The SMILES string of the molecule is CC[C@H](O)Cn1ncnc1COc1cccc(C)c1C. The van der Waals surface area contributed by atoms with Gasteiger partial charge < -0.3 is 9.84 Å². The first kappa shape index (κ1) is 14.5. The fraction of sp³-hybridized carbons (Fsp3) is 0.467. The number of aromatic nitrogens is 3. The van der Waals surface area contributed by atoms with E-state index in [1.54, 1.807) is 4.68 Å². The van der Waals surface area contributed by atoms with Gasteiger partial charge in [-0.1, -0.05) is 19.1 Å². The lowest BCUT2D eigenvalue weighted by atomic mass is 10.1. The van der Waals surface area contributed by atoms with Gasteiger partial charge in [0.05, 0.1) is 12.6 Å². The van der Waals surface area contributed by atoms with Gasteiger partial charge in [-0.05, 0) is 37.5 Å². The van der Waals surface area contributed by atoms with Crippen molar-refractivity contribution in [2.24, 2.45) is 0 Å². The summed E-state index contributed by atoms with van der Waals surface area (Å²) < 4.78 is 7.51. The summed E-state index contributed by atoms with van der Waals surface area (Å²) in [6.07, 6.45) is 1.78. The molecule has 0 unspecified atom stereocenters. The van der Waals surface area contributed by atoms with Crippen molar-refractivity contribution in [3.63, 3.8) is 0 Å². The zero-order valence-corrected chi connectivity index (χ0v) is 12.2. The third-order valence-corrected chi connectivity index (χ3v) is 3.46. The van der Waals surface area contributed by atoms with Gasteiger partial charge in [-0.25, -0.2) is 9.67 Å². The van der Waals surface area contributed by atoms with E-state index in [-0.39, 0.29) is 0 Å². The highest BCUT2D eigenvalue weighted by Gasteiger charge is 2.10. The van der Waals surface area contributed by atoms with Crippen molar-refractivity contribution >= 4 is 0 Å². The summed E-state index contributed by atoms with van der Waals surface area (Å²) in [6, 6.07) is 5.98. The van der Waals surface area contributed by atoms with Crippen molar-refractivity contribution < 1.29 is 9.84 Å². The number of rotatable bonds is 6. The monoisotopic (exact) mass is 275 g/mol. The molecule has 0 radical (unpaired) electrons. The molecule has 1 aromatic heterocycles. The molecular weight excluding hydrogens is 254 g/mol. The fourth-order valence-corrected chi connectivity index (χ4v) is 1.90. The fourth-order valence-electron chi connectivity index (χ4n) is 1.90. The van der Waals surface area contributed by atoms with Crippen molar-refractivity contribution in [1.82, 2.24) is 14.8 Å². The Hall–Kier alpha value is -1.88. The van der Waals surface area contributed by atoms with E-state index in [1.807, 2.05) is 26.0 Å². The van der Waals surface area contributed by atoms with Crippen molar-refractivity contribution in [2.45, 2.75) is 46.4 Å². The minimum absolute atomic E-state index is 0.348. The molecule has 0 saturated carbocycles. The maximum Gasteiger partial charge on any atom is 0.164 e. The molecule has 0 saturated heterocycles. The van der Waals surface area contributed by atoms with Gasteiger partial charge >= 0.3 is 0 Å². The number of aliphatic hydroxyl groups excluding tert-OH is 1. The predicted octanol–water partition coefficient (Wildman–Crippen LogP) is 2.24. The molecule has 0 bridgehead atoms. The van der Waals surface area contributed by atoms with E-state index in [9.17, 15) is 5.11 Å². The summed E-state index contributed by atoms with van der Waals surface area (Å²) in [7, 11) is 0. The van der Waals surface area contributed by atoms with Gasteiger partial charge in [0, 0.05) is 0 Å². The average molecular weight is 275 g/mol. The van der Waals surface area contributed by atoms with Crippen LogP contribution in [0.3, 0.4) is 0 Å². The Bertz CT molecular complexity index is 566. The van der Waals surface area contributed by atoms with E-state index >= 15 is 0 Å². The zero-order valence-electron chi connectivity index (χ0n) is 12.2. The quantitative estimate of drug-likeness (QED) is 0.878. The van der Waals surface area contributed by atoms with Crippen LogP contribution in [0.4, 0.5) is 0 Å². The smallest absolute Gasteiger partial charge is 0.164 e. The van der Waals surface area contributed by atoms with Crippen LogP contribution in [-0.2, 0) is 13.2 Å². The molecule has 5 nitrogen and oxygen atoms in total. The molecule has 1 atom stereocenters. The molecule has 0 aliphatic heterocycles. The highest BCUT2D eigenvalue weighted by molar-refractivity contribution is 5.38. The maximum atomic E-state index is 9.69. The van der Waals surface area contributed by atoms with E-state index in [2.05, 4.69) is 23.1 Å². The lowest BCUT2D eigenvalue weighted by Crippen LogP contribution is -2.19. The Kier molecular flexibility index (Phi) is 4.74. The topological polar surface area (TPSA) is 60.2 Å². The first-order valence-electron chi connectivity index (χ1n) is 6.85. The van der Waals surface area contributed by atoms with Crippen LogP contribution in [0.1, 0.15) is 30.3 Å². The molecule has 1 heterocycles. The molecule has 1 N–H and O–H groups in total. The largest absolute Gasteiger partial charge is 0.485 e. The van der Waals surface area contributed by atoms with E-state index < -0.39 is 6.10 Å². The molecule has 0 spiro atoms. The van der Waals surface area contributed by atoms with Crippen LogP contribution in [0.15, 0.2) is 24.5 Å². The Morgan fingerprint density at radius 2 is 2.15 bits per heavy atom. The van der Waals surface area contributed by atoms with Crippen molar-refractivity contribution in [3.05, 3.63) is 41.5 Å². The number of hydrogen-bond donors (Lipinski definition) is 1. The van der Waals surface area contributed by atoms with Crippen LogP contribution in [0.5, 0.6) is 5.75 Å². The minimum atomic E-state index is -0.406. The van der Waals surface area contributed by atoms with Crippen molar-refractivity contribution in [3.8, 4) is 5.75 Å². The molecule has 20 heavy (non-hydrogen) atoms. The zero-order chi connectivity index (χ0) is 14.5. The minimum Gasteiger partial charge on any atom is -0.485 e. The maximum absolute atomic E-state index is 9.69. The van der Waals surface area contributed by atoms with E-state index in [1.165, 1.54) is 11.9 Å². The van der Waals surface area contributed by atoms with Gasteiger partial charge in [0.25, 0.3) is 0 Å². The van der Waals surface area contributed by atoms with Gasteiger partial charge in [0.15, 0.2) is 5.82 Å². The second kappa shape index (κ2) is 6.52. The predicted molar refractivity (Wildman–Crippen MR) is 76.6 cm³/mol. The summed E-state index contributed by atoms with van der Waals surface area (Å²) in [5.41, 5.74) is 2.33. The average Bonchev–Trinajstić information content (AvgIpc) is 2.87. The van der Waals surface area contributed by atoms with Gasteiger partial charge in [-0.2, -0.15) is 5.10 Å². The molecule has 2 rings (SSSR count). The summed E-state index contributed by atoms with van der Waals surface area (Å²) in [5.74, 6) is 1.58. The van der Waals surface area contributed by atoms with Gasteiger partial charge in [0.2, 0.25) is 0 Å². The van der Waals surface area contributed by atoms with Crippen LogP contribution in [0.25, 0.3) is 0 Å². The number of ether oxygens (including phenoxy) is 1. The van der Waals surface area contributed by atoms with E-state index in [0.29, 0.717) is 19.6 Å². The summed E-state index contributed by atoms with van der Waals surface area (Å²) in [5, 5.41) is 13.8. The number of aliphatic hydroxyl groups is 1. The second-order valence-electron chi connectivity index (χ2n) is 4.91. The third-order valence-electron chi connectivity index (χ3n) is 3.46. The molecule has 5 heteroatoms. The van der Waals surface area contributed by atoms with Gasteiger partial charge in [-0.3, -0.25) is 0 Å². The van der Waals surface area contributed by atoms with Crippen LogP contribution >= 0.6 is 0 Å². The van der Waals surface area contributed by atoms with Crippen LogP contribution < -0.4 is 4.74 Å². The Morgan fingerprint density at radius 1 is 1.35 bits per heavy atom. The summed E-state index contributed by atoms with van der Waals surface area (Å²) in [4.78, 5) is 4.19. The highest BCUT2D eigenvalue weighted by atomic mass is 16.5. The molecule has 0 fully saturated rings. The summed E-state index contributed by atoms with van der Waals surface area (Å²) >= 11 is 0.